The molecule has 5 nitrogen and oxygen atoms in total. The number of rotatable bonds is 28. The van der Waals surface area contributed by atoms with Crippen LogP contribution < -0.4 is 0 Å². The van der Waals surface area contributed by atoms with Crippen molar-refractivity contribution in [1.82, 2.24) is 0 Å². The zero-order valence-electron chi connectivity index (χ0n) is 25.8. The first-order chi connectivity index (χ1) is 18.3. The van der Waals surface area contributed by atoms with Crippen molar-refractivity contribution in [1.29, 1.82) is 0 Å². The van der Waals surface area contributed by atoms with Gasteiger partial charge in [-0.05, 0) is 24.7 Å². The Bertz CT molecular complexity index is 533. The molecule has 0 aliphatic rings. The zero-order chi connectivity index (χ0) is 28.3. The summed E-state index contributed by atoms with van der Waals surface area (Å²) in [5.74, 6) is 1.11. The van der Waals surface area contributed by atoms with Crippen molar-refractivity contribution < 1.29 is 24.2 Å². The van der Waals surface area contributed by atoms with Gasteiger partial charge in [-0.25, -0.2) is 0 Å². The quantitative estimate of drug-likeness (QED) is 0.0790. The Balaban J connectivity index is 3.43. The van der Waals surface area contributed by atoms with E-state index in [1.807, 2.05) is 0 Å². The van der Waals surface area contributed by atoms with Gasteiger partial charge in [-0.2, -0.15) is 0 Å². The lowest BCUT2D eigenvalue weighted by Gasteiger charge is -2.12. The number of ether oxygens (including phenoxy) is 2. The van der Waals surface area contributed by atoms with E-state index in [9.17, 15) is 14.7 Å². The molecule has 38 heavy (non-hydrogen) atoms. The summed E-state index contributed by atoms with van der Waals surface area (Å²) in [5.41, 5.74) is 0. The molecule has 0 aromatic carbocycles. The van der Waals surface area contributed by atoms with Crippen molar-refractivity contribution >= 4 is 11.9 Å². The van der Waals surface area contributed by atoms with Crippen LogP contribution >= 0.6 is 0 Å². The van der Waals surface area contributed by atoms with E-state index in [1.165, 1.54) is 89.9 Å². The highest BCUT2D eigenvalue weighted by Gasteiger charge is 2.12. The fourth-order valence-electron chi connectivity index (χ4n) is 4.66. The Morgan fingerprint density at radius 2 is 0.895 bits per heavy atom. The van der Waals surface area contributed by atoms with Gasteiger partial charge >= 0.3 is 11.9 Å². The van der Waals surface area contributed by atoms with E-state index < -0.39 is 6.10 Å². The molecule has 0 aliphatic heterocycles. The zero-order valence-corrected chi connectivity index (χ0v) is 25.8. The molecule has 0 aromatic rings. The summed E-state index contributed by atoms with van der Waals surface area (Å²) in [6.45, 7) is 8.94. The van der Waals surface area contributed by atoms with Crippen LogP contribution in [0.25, 0.3) is 0 Å². The van der Waals surface area contributed by atoms with E-state index >= 15 is 0 Å². The fourth-order valence-corrected chi connectivity index (χ4v) is 4.66. The van der Waals surface area contributed by atoms with Gasteiger partial charge in [0, 0.05) is 12.8 Å². The van der Waals surface area contributed by atoms with Crippen LogP contribution in [-0.2, 0) is 19.1 Å². The van der Waals surface area contributed by atoms with Gasteiger partial charge in [-0.15, -0.1) is 0 Å². The molecule has 0 rings (SSSR count). The van der Waals surface area contributed by atoms with Crippen LogP contribution in [0.5, 0.6) is 0 Å². The lowest BCUT2D eigenvalue weighted by molar-refractivity contribution is -0.152. The van der Waals surface area contributed by atoms with Crippen molar-refractivity contribution in [3.05, 3.63) is 0 Å². The summed E-state index contributed by atoms with van der Waals surface area (Å²) in [6, 6.07) is 0. The van der Waals surface area contributed by atoms with E-state index in [0.717, 1.165) is 50.4 Å². The number of carbonyl (C=O) groups is 2. The second kappa shape index (κ2) is 27.5. The number of carbonyl (C=O) groups excluding carboxylic acids is 2. The van der Waals surface area contributed by atoms with Crippen LogP contribution in [0.3, 0.4) is 0 Å². The number of aliphatic hydroxyl groups excluding tert-OH is 1. The summed E-state index contributed by atoms with van der Waals surface area (Å²) in [7, 11) is 0. The van der Waals surface area contributed by atoms with Crippen molar-refractivity contribution in [2.45, 2.75) is 175 Å². The molecule has 0 fully saturated rings. The number of aliphatic hydroxyl groups is 1. The normalized spacial score (nSPS) is 13.0. The molecule has 1 unspecified atom stereocenters. The lowest BCUT2D eigenvalue weighted by atomic mass is 9.99. The third-order valence-corrected chi connectivity index (χ3v) is 7.56. The SMILES string of the molecule is CCC(C)CCCCCCCCCCCCC(=O)OC[C@@H](O)COC(=O)CCCCCCCCCC(C)C. The van der Waals surface area contributed by atoms with Gasteiger partial charge in [0.05, 0.1) is 0 Å². The number of hydrogen-bond donors (Lipinski definition) is 1. The summed E-state index contributed by atoms with van der Waals surface area (Å²) >= 11 is 0. The van der Waals surface area contributed by atoms with Crippen molar-refractivity contribution in [2.75, 3.05) is 13.2 Å². The van der Waals surface area contributed by atoms with E-state index in [4.69, 9.17) is 9.47 Å². The predicted molar refractivity (Wildman–Crippen MR) is 159 cm³/mol. The van der Waals surface area contributed by atoms with Gasteiger partial charge in [0.2, 0.25) is 0 Å². The molecule has 2 atom stereocenters. The summed E-state index contributed by atoms with van der Waals surface area (Å²) in [5, 5.41) is 9.93. The number of esters is 2. The van der Waals surface area contributed by atoms with Crippen LogP contribution in [0.1, 0.15) is 169 Å². The molecule has 226 valence electrons. The fraction of sp³-hybridized carbons (Fsp3) is 0.939. The molecular weight excluding hydrogens is 476 g/mol. The maximum Gasteiger partial charge on any atom is 0.305 e. The Morgan fingerprint density at radius 3 is 1.26 bits per heavy atom. The van der Waals surface area contributed by atoms with Crippen LogP contribution in [-0.4, -0.2) is 36.4 Å². The van der Waals surface area contributed by atoms with Crippen molar-refractivity contribution in [2.24, 2.45) is 11.8 Å². The molecule has 0 saturated heterocycles. The summed E-state index contributed by atoms with van der Waals surface area (Å²) < 4.78 is 10.3. The van der Waals surface area contributed by atoms with Gasteiger partial charge < -0.3 is 14.6 Å². The molecule has 0 amide bonds. The first-order valence-electron chi connectivity index (χ1n) is 16.3. The van der Waals surface area contributed by atoms with Crippen molar-refractivity contribution in [3.8, 4) is 0 Å². The molecule has 0 saturated carbocycles. The number of hydrogen-bond acceptors (Lipinski definition) is 5. The molecule has 0 bridgehead atoms. The van der Waals surface area contributed by atoms with E-state index in [1.54, 1.807) is 0 Å². The van der Waals surface area contributed by atoms with Crippen LogP contribution in [0.15, 0.2) is 0 Å². The van der Waals surface area contributed by atoms with Crippen LogP contribution in [0.4, 0.5) is 0 Å². The Morgan fingerprint density at radius 1 is 0.553 bits per heavy atom. The molecule has 0 heterocycles. The monoisotopic (exact) mass is 540 g/mol. The minimum atomic E-state index is -0.955. The topological polar surface area (TPSA) is 72.8 Å². The molecule has 5 heteroatoms. The van der Waals surface area contributed by atoms with Crippen molar-refractivity contribution in [3.63, 3.8) is 0 Å². The molecule has 1 N–H and O–H groups in total. The maximum absolute atomic E-state index is 11.9. The lowest BCUT2D eigenvalue weighted by Crippen LogP contribution is -2.25. The minimum absolute atomic E-state index is 0.111. The molecule has 0 aliphatic carbocycles. The highest BCUT2D eigenvalue weighted by Crippen LogP contribution is 2.16. The molecule has 0 aromatic heterocycles. The van der Waals surface area contributed by atoms with Gasteiger partial charge in [0.25, 0.3) is 0 Å². The molecule has 0 radical (unpaired) electrons. The first kappa shape index (κ1) is 36.9. The Hall–Kier alpha value is -1.10. The summed E-state index contributed by atoms with van der Waals surface area (Å²) in [6.07, 6.45) is 24.4. The maximum atomic E-state index is 11.9. The largest absolute Gasteiger partial charge is 0.463 e. The van der Waals surface area contributed by atoms with E-state index in [0.29, 0.717) is 12.8 Å². The van der Waals surface area contributed by atoms with Gasteiger partial charge in [0.15, 0.2) is 0 Å². The third-order valence-electron chi connectivity index (χ3n) is 7.56. The van der Waals surface area contributed by atoms with E-state index in [-0.39, 0.29) is 25.2 Å². The Kier molecular flexibility index (Phi) is 26.7. The predicted octanol–water partition coefficient (Wildman–Crippen LogP) is 9.33. The van der Waals surface area contributed by atoms with Gasteiger partial charge in [0.1, 0.15) is 19.3 Å². The van der Waals surface area contributed by atoms with Crippen LogP contribution in [0.2, 0.25) is 0 Å². The third kappa shape index (κ3) is 27.9. The number of unbranched alkanes of at least 4 members (excludes halogenated alkanes) is 15. The highest BCUT2D eigenvalue weighted by molar-refractivity contribution is 5.69. The second-order valence-electron chi connectivity index (χ2n) is 12.0. The van der Waals surface area contributed by atoms with Gasteiger partial charge in [-0.1, -0.05) is 143 Å². The minimum Gasteiger partial charge on any atom is -0.463 e. The average Bonchev–Trinajstić information content (AvgIpc) is 2.89. The standard InChI is InChI=1S/C33H64O5/c1-5-30(4)24-20-16-12-8-6-7-9-13-17-21-25-32(35)37-27-31(34)28-38-33(36)26-22-18-14-10-11-15-19-23-29(2)3/h29-31,34H,5-28H2,1-4H3/t30?,31-/m1/s1. The summed E-state index contributed by atoms with van der Waals surface area (Å²) in [4.78, 5) is 23.7. The smallest absolute Gasteiger partial charge is 0.305 e. The van der Waals surface area contributed by atoms with Gasteiger partial charge in [-0.3, -0.25) is 9.59 Å². The van der Waals surface area contributed by atoms with E-state index in [2.05, 4.69) is 27.7 Å². The molecular formula is C33H64O5. The highest BCUT2D eigenvalue weighted by atomic mass is 16.6. The Labute approximate surface area is 236 Å². The second-order valence-corrected chi connectivity index (χ2v) is 12.0. The average molecular weight is 541 g/mol. The molecule has 0 spiro atoms. The van der Waals surface area contributed by atoms with Crippen LogP contribution in [0, 0.1) is 11.8 Å². The first-order valence-corrected chi connectivity index (χ1v) is 16.3.